The first-order valence-electron chi connectivity index (χ1n) is 12.2. The van der Waals surface area contributed by atoms with Gasteiger partial charge in [0.05, 0.1) is 24.8 Å². The Hall–Kier alpha value is -3.85. The molecule has 9 nitrogen and oxygen atoms in total. The van der Waals surface area contributed by atoms with Crippen LogP contribution in [-0.2, 0) is 6.42 Å². The maximum absolute atomic E-state index is 6.52. The Labute approximate surface area is 211 Å². The first kappa shape index (κ1) is 23.9. The molecule has 1 aromatic carbocycles. The van der Waals surface area contributed by atoms with E-state index < -0.39 is 0 Å². The van der Waals surface area contributed by atoms with Gasteiger partial charge in [0, 0.05) is 62.4 Å². The summed E-state index contributed by atoms with van der Waals surface area (Å²) >= 11 is 0. The van der Waals surface area contributed by atoms with Crippen molar-refractivity contribution in [3.8, 4) is 5.75 Å². The van der Waals surface area contributed by atoms with E-state index in [0.717, 1.165) is 84.2 Å². The van der Waals surface area contributed by atoms with Gasteiger partial charge in [-0.3, -0.25) is 4.99 Å². The van der Waals surface area contributed by atoms with Crippen LogP contribution in [0.15, 0.2) is 51.8 Å². The van der Waals surface area contributed by atoms with E-state index in [9.17, 15) is 0 Å². The van der Waals surface area contributed by atoms with Gasteiger partial charge in [-0.15, -0.1) is 0 Å². The molecule has 0 atom stereocenters. The number of ether oxygens (including phenoxy) is 1. The lowest BCUT2D eigenvalue weighted by atomic mass is 9.89. The molecule has 0 saturated carbocycles. The van der Waals surface area contributed by atoms with Crippen molar-refractivity contribution in [1.29, 1.82) is 0 Å². The third kappa shape index (κ3) is 4.54. The molecule has 36 heavy (non-hydrogen) atoms. The molecule has 0 radical (unpaired) electrons. The van der Waals surface area contributed by atoms with Crippen molar-refractivity contribution in [2.45, 2.75) is 19.8 Å². The number of methoxy groups -OCH3 is 1. The molecule has 3 N–H and O–H groups in total. The smallest absolute Gasteiger partial charge is 0.227 e. The summed E-state index contributed by atoms with van der Waals surface area (Å²) < 4.78 is 11.5. The van der Waals surface area contributed by atoms with Gasteiger partial charge in [0.15, 0.2) is 5.76 Å². The Balaban J connectivity index is 1.45. The molecule has 3 heterocycles. The molecular weight excluding hydrogens is 454 g/mol. The molecule has 9 heteroatoms. The number of nitrogens with zero attached hydrogens (tertiary/aromatic N) is 5. The number of likely N-dealkylation sites (N-methyl/N-ethyl adjacent to an activating group) is 1. The molecule has 2 aliphatic rings. The maximum Gasteiger partial charge on any atom is 0.227 e. The van der Waals surface area contributed by atoms with E-state index in [4.69, 9.17) is 19.9 Å². The second-order valence-corrected chi connectivity index (χ2v) is 9.27. The highest BCUT2D eigenvalue weighted by molar-refractivity contribution is 6.31. The van der Waals surface area contributed by atoms with Crippen LogP contribution in [0.2, 0.25) is 0 Å². The highest BCUT2D eigenvalue weighted by Gasteiger charge is 2.27. The van der Waals surface area contributed by atoms with E-state index in [-0.39, 0.29) is 0 Å². The normalized spacial score (nSPS) is 16.8. The van der Waals surface area contributed by atoms with Gasteiger partial charge in [0.25, 0.3) is 0 Å². The van der Waals surface area contributed by atoms with Gasteiger partial charge in [-0.2, -0.15) is 0 Å². The average molecular weight is 488 g/mol. The fraction of sp³-hybridized carbons (Fsp3) is 0.370. The van der Waals surface area contributed by atoms with Gasteiger partial charge < -0.3 is 30.0 Å². The number of aliphatic imine (C=N–C) groups is 1. The SMILES string of the molecule is CN=C(C1=C(N)CCc2cnc(Nc3ccc(N4CCN(C)CC4)cc3OC)nc21)c1occc1C. The Morgan fingerprint density at radius 1 is 1.17 bits per heavy atom. The predicted molar refractivity (Wildman–Crippen MR) is 143 cm³/mol. The quantitative estimate of drug-likeness (QED) is 0.508. The zero-order valence-corrected chi connectivity index (χ0v) is 21.3. The molecule has 188 valence electrons. The van der Waals surface area contributed by atoms with Crippen LogP contribution in [0.1, 0.15) is 29.0 Å². The summed E-state index contributed by atoms with van der Waals surface area (Å²) in [6.45, 7) is 6.08. The molecule has 0 unspecified atom stereocenters. The number of aromatic nitrogens is 2. The number of aryl methyl sites for hydroxylation is 2. The van der Waals surface area contributed by atoms with Crippen LogP contribution in [0.5, 0.6) is 5.75 Å². The summed E-state index contributed by atoms with van der Waals surface area (Å²) in [5, 5.41) is 3.35. The van der Waals surface area contributed by atoms with Crippen molar-refractivity contribution in [2.75, 3.05) is 57.6 Å². The van der Waals surface area contributed by atoms with E-state index in [0.29, 0.717) is 17.4 Å². The molecule has 0 bridgehead atoms. The number of rotatable bonds is 6. The van der Waals surface area contributed by atoms with Crippen LogP contribution in [0, 0.1) is 6.92 Å². The fourth-order valence-corrected chi connectivity index (χ4v) is 4.78. The highest BCUT2D eigenvalue weighted by Crippen LogP contribution is 2.35. The second-order valence-electron chi connectivity index (χ2n) is 9.27. The van der Waals surface area contributed by atoms with E-state index in [1.807, 2.05) is 25.3 Å². The zero-order valence-electron chi connectivity index (χ0n) is 21.3. The van der Waals surface area contributed by atoms with E-state index in [1.54, 1.807) is 20.4 Å². The van der Waals surface area contributed by atoms with Gasteiger partial charge in [-0.1, -0.05) is 0 Å². The van der Waals surface area contributed by atoms with E-state index >= 15 is 0 Å². The second kappa shape index (κ2) is 10.0. The molecular formula is C27H33N7O2. The maximum atomic E-state index is 6.52. The number of furan rings is 1. The Kier molecular flexibility index (Phi) is 6.65. The van der Waals surface area contributed by atoms with Gasteiger partial charge in [-0.05, 0) is 56.1 Å². The molecule has 1 saturated heterocycles. The number of nitrogens with two attached hydrogens (primary N) is 1. The van der Waals surface area contributed by atoms with Crippen LogP contribution in [0.4, 0.5) is 17.3 Å². The number of fused-ring (bicyclic) bond motifs is 1. The lowest BCUT2D eigenvalue weighted by Gasteiger charge is -2.34. The van der Waals surface area contributed by atoms with E-state index in [1.165, 1.54) is 0 Å². The molecule has 1 aliphatic carbocycles. The summed E-state index contributed by atoms with van der Waals surface area (Å²) in [6, 6.07) is 8.12. The number of piperazine rings is 1. The van der Waals surface area contributed by atoms with Crippen LogP contribution >= 0.6 is 0 Å². The Bertz CT molecular complexity index is 1320. The van der Waals surface area contributed by atoms with Gasteiger partial charge >= 0.3 is 0 Å². The largest absolute Gasteiger partial charge is 0.494 e. The third-order valence-electron chi connectivity index (χ3n) is 6.92. The highest BCUT2D eigenvalue weighted by atomic mass is 16.5. The number of hydrogen-bond acceptors (Lipinski definition) is 9. The van der Waals surface area contributed by atoms with Crippen LogP contribution in [0.25, 0.3) is 5.57 Å². The lowest BCUT2D eigenvalue weighted by Crippen LogP contribution is -2.44. The Morgan fingerprint density at radius 3 is 2.67 bits per heavy atom. The van der Waals surface area contributed by atoms with Crippen molar-refractivity contribution in [3.05, 3.63) is 65.0 Å². The Morgan fingerprint density at radius 2 is 1.97 bits per heavy atom. The number of anilines is 3. The first-order chi connectivity index (χ1) is 17.5. The molecule has 0 spiro atoms. The number of benzene rings is 1. The van der Waals surface area contributed by atoms with Gasteiger partial charge in [0.1, 0.15) is 11.5 Å². The number of allylic oxidation sites excluding steroid dienone is 2. The van der Waals surface area contributed by atoms with Crippen molar-refractivity contribution in [2.24, 2.45) is 10.7 Å². The van der Waals surface area contributed by atoms with Gasteiger partial charge in [0.2, 0.25) is 5.95 Å². The van der Waals surface area contributed by atoms with Crippen molar-refractivity contribution in [1.82, 2.24) is 14.9 Å². The molecule has 5 rings (SSSR count). The van der Waals surface area contributed by atoms with E-state index in [2.05, 4.69) is 44.3 Å². The third-order valence-corrected chi connectivity index (χ3v) is 6.92. The minimum Gasteiger partial charge on any atom is -0.494 e. The molecule has 1 aliphatic heterocycles. The van der Waals surface area contributed by atoms with Crippen LogP contribution in [0.3, 0.4) is 0 Å². The standard InChI is InChI=1S/C27H33N7O2/c1-17-9-14-36-26(17)25(29-2)23-20(28)7-5-18-16-30-27(32-24(18)23)31-21-8-6-19(15-22(21)35-4)34-12-10-33(3)11-13-34/h6,8-9,14-16H,5,7,10-13,28H2,1-4H3,(H,30,31,32). The minimum atomic E-state index is 0.471. The summed E-state index contributed by atoms with van der Waals surface area (Å²) in [7, 11) is 5.58. The topological polar surface area (TPSA) is 105 Å². The fourth-order valence-electron chi connectivity index (χ4n) is 4.78. The summed E-state index contributed by atoms with van der Waals surface area (Å²) in [6.07, 6.45) is 5.03. The predicted octanol–water partition coefficient (Wildman–Crippen LogP) is 3.62. The van der Waals surface area contributed by atoms with Crippen molar-refractivity contribution in [3.63, 3.8) is 0 Å². The molecule has 2 aromatic heterocycles. The molecule has 0 amide bonds. The zero-order chi connectivity index (χ0) is 25.2. The van der Waals surface area contributed by atoms with Crippen molar-refractivity contribution >= 4 is 28.6 Å². The van der Waals surface area contributed by atoms with Gasteiger partial charge in [-0.25, -0.2) is 9.97 Å². The van der Waals surface area contributed by atoms with Crippen LogP contribution in [-0.4, -0.2) is 68.0 Å². The van der Waals surface area contributed by atoms with Crippen LogP contribution < -0.4 is 20.7 Å². The monoisotopic (exact) mass is 487 g/mol. The summed E-state index contributed by atoms with van der Waals surface area (Å²) in [4.78, 5) is 18.7. The first-order valence-corrected chi connectivity index (χ1v) is 12.2. The van der Waals surface area contributed by atoms with Crippen molar-refractivity contribution < 1.29 is 9.15 Å². The molecule has 3 aromatic rings. The minimum absolute atomic E-state index is 0.471. The summed E-state index contributed by atoms with van der Waals surface area (Å²) in [5.41, 5.74) is 13.5. The molecule has 1 fully saturated rings. The average Bonchev–Trinajstić information content (AvgIpc) is 3.32. The lowest BCUT2D eigenvalue weighted by molar-refractivity contribution is 0.312. The summed E-state index contributed by atoms with van der Waals surface area (Å²) in [5.74, 6) is 1.92. The number of hydrogen-bond donors (Lipinski definition) is 2. The number of nitrogens with one attached hydrogen (secondary N) is 1.